The van der Waals surface area contributed by atoms with Crippen molar-refractivity contribution in [2.75, 3.05) is 6.61 Å². The van der Waals surface area contributed by atoms with E-state index in [9.17, 15) is 8.78 Å². The second-order valence-corrected chi connectivity index (χ2v) is 7.97. The first-order valence-corrected chi connectivity index (χ1v) is 9.35. The number of hydrogen-bond donors (Lipinski definition) is 1. The van der Waals surface area contributed by atoms with E-state index >= 15 is 0 Å². The van der Waals surface area contributed by atoms with Crippen molar-refractivity contribution in [2.45, 2.75) is 51.7 Å². The Morgan fingerprint density at radius 3 is 2.25 bits per heavy atom. The number of halogens is 2. The molecule has 0 radical (unpaired) electrons. The van der Waals surface area contributed by atoms with Crippen molar-refractivity contribution >= 4 is 12.6 Å². The number of phenolic OH excluding ortho intramolecular Hbond substituents is 1. The van der Waals surface area contributed by atoms with Crippen molar-refractivity contribution in [1.29, 1.82) is 0 Å². The van der Waals surface area contributed by atoms with Crippen LogP contribution in [0.4, 0.5) is 8.78 Å². The van der Waals surface area contributed by atoms with Crippen LogP contribution in [0, 0.1) is 11.6 Å². The van der Waals surface area contributed by atoms with E-state index in [4.69, 9.17) is 19.2 Å². The highest BCUT2D eigenvalue weighted by atomic mass is 19.1. The highest BCUT2D eigenvalue weighted by Crippen LogP contribution is 2.37. The lowest BCUT2D eigenvalue weighted by Gasteiger charge is -2.32. The van der Waals surface area contributed by atoms with Gasteiger partial charge in [0, 0.05) is 17.1 Å². The minimum absolute atomic E-state index is 0.0370. The zero-order valence-corrected chi connectivity index (χ0v) is 16.6. The quantitative estimate of drug-likeness (QED) is 0.749. The minimum Gasteiger partial charge on any atom is -0.508 e. The number of hydrogen-bond acceptors (Lipinski definition) is 4. The monoisotopic (exact) mass is 390 g/mol. The molecule has 0 aromatic heterocycles. The van der Waals surface area contributed by atoms with E-state index in [-0.39, 0.29) is 11.6 Å². The Morgan fingerprint density at radius 2 is 1.68 bits per heavy atom. The maximum Gasteiger partial charge on any atom is 0.497 e. The third-order valence-corrected chi connectivity index (χ3v) is 5.37. The molecule has 0 unspecified atom stereocenters. The molecule has 0 aliphatic carbocycles. The highest BCUT2D eigenvalue weighted by molar-refractivity contribution is 6.62. The van der Waals surface area contributed by atoms with Crippen LogP contribution in [0.3, 0.4) is 0 Å². The molecular formula is C21H25BF2O4. The molecule has 2 heterocycles. The zero-order chi connectivity index (χ0) is 20.5. The van der Waals surface area contributed by atoms with Crippen LogP contribution in [0.5, 0.6) is 11.5 Å². The van der Waals surface area contributed by atoms with Gasteiger partial charge in [-0.1, -0.05) is 12.1 Å². The molecule has 0 saturated carbocycles. The molecule has 7 heteroatoms. The van der Waals surface area contributed by atoms with Gasteiger partial charge in [0.05, 0.1) is 17.8 Å². The number of phenols is 1. The molecule has 1 N–H and O–H groups in total. The van der Waals surface area contributed by atoms with Gasteiger partial charge in [-0.3, -0.25) is 0 Å². The van der Waals surface area contributed by atoms with Crippen molar-refractivity contribution in [1.82, 2.24) is 0 Å². The molecule has 1 fully saturated rings. The van der Waals surface area contributed by atoms with E-state index in [1.54, 1.807) is 6.07 Å². The van der Waals surface area contributed by atoms with Gasteiger partial charge in [-0.2, -0.15) is 0 Å². The summed E-state index contributed by atoms with van der Waals surface area (Å²) < 4.78 is 44.0. The average Bonchev–Trinajstić information content (AvgIpc) is 2.83. The van der Waals surface area contributed by atoms with Gasteiger partial charge in [-0.15, -0.1) is 0 Å². The van der Waals surface area contributed by atoms with Crippen molar-refractivity contribution in [2.24, 2.45) is 0 Å². The molecule has 150 valence electrons. The van der Waals surface area contributed by atoms with Crippen LogP contribution < -0.4 is 10.2 Å². The van der Waals surface area contributed by atoms with Gasteiger partial charge in [0.2, 0.25) is 0 Å². The van der Waals surface area contributed by atoms with Gasteiger partial charge in [0.25, 0.3) is 0 Å². The summed E-state index contributed by atoms with van der Waals surface area (Å²) >= 11 is 0. The lowest BCUT2D eigenvalue weighted by atomic mass is 9.77. The standard InChI is InChI=1S/C15H20BFO3.C6H5FO/c1-14(2)15(3,4)20-16(19-14)11-7-8-12-10(13(11)17)6-5-9-18-12;7-5-2-1-3-6(8)4-5/h7-8H,5-6,9H2,1-4H3;1-4,8H. The normalized spacial score (nSPS) is 19.3. The highest BCUT2D eigenvalue weighted by Gasteiger charge is 2.52. The zero-order valence-electron chi connectivity index (χ0n) is 16.6. The summed E-state index contributed by atoms with van der Waals surface area (Å²) in [6.07, 6.45) is 1.55. The number of aromatic hydroxyl groups is 1. The second kappa shape index (κ2) is 7.72. The van der Waals surface area contributed by atoms with E-state index < -0.39 is 24.1 Å². The summed E-state index contributed by atoms with van der Waals surface area (Å²) in [4.78, 5) is 0. The van der Waals surface area contributed by atoms with Crippen LogP contribution in [-0.4, -0.2) is 30.0 Å². The summed E-state index contributed by atoms with van der Waals surface area (Å²) in [5, 5.41) is 8.57. The first kappa shape index (κ1) is 20.6. The van der Waals surface area contributed by atoms with Crippen LogP contribution in [-0.2, 0) is 15.7 Å². The van der Waals surface area contributed by atoms with Crippen molar-refractivity contribution in [3.05, 3.63) is 53.6 Å². The van der Waals surface area contributed by atoms with Crippen LogP contribution in [0.2, 0.25) is 0 Å². The maximum atomic E-state index is 14.7. The van der Waals surface area contributed by atoms with Crippen LogP contribution >= 0.6 is 0 Å². The number of fused-ring (bicyclic) bond motifs is 1. The van der Waals surface area contributed by atoms with E-state index in [0.717, 1.165) is 12.5 Å². The summed E-state index contributed by atoms with van der Waals surface area (Å²) in [5.41, 5.74) is 0.184. The van der Waals surface area contributed by atoms with E-state index in [1.807, 2.05) is 33.8 Å². The third-order valence-electron chi connectivity index (χ3n) is 5.37. The summed E-state index contributed by atoms with van der Waals surface area (Å²) in [6, 6.07) is 8.73. The molecule has 2 aromatic rings. The summed E-state index contributed by atoms with van der Waals surface area (Å²) in [7, 11) is -0.660. The fourth-order valence-electron chi connectivity index (χ4n) is 3.05. The molecule has 2 aliphatic rings. The lowest BCUT2D eigenvalue weighted by Crippen LogP contribution is -2.41. The van der Waals surface area contributed by atoms with Gasteiger partial charge in [0.15, 0.2) is 0 Å². The number of ether oxygens (including phenoxy) is 1. The molecule has 0 amide bonds. The van der Waals surface area contributed by atoms with E-state index in [2.05, 4.69) is 0 Å². The van der Waals surface area contributed by atoms with Gasteiger partial charge in [-0.25, -0.2) is 8.78 Å². The lowest BCUT2D eigenvalue weighted by molar-refractivity contribution is 0.00578. The fourth-order valence-corrected chi connectivity index (χ4v) is 3.05. The predicted molar refractivity (Wildman–Crippen MR) is 104 cm³/mol. The largest absolute Gasteiger partial charge is 0.508 e. The van der Waals surface area contributed by atoms with Crippen LogP contribution in [0.15, 0.2) is 36.4 Å². The van der Waals surface area contributed by atoms with Crippen molar-refractivity contribution in [3.63, 3.8) is 0 Å². The van der Waals surface area contributed by atoms with E-state index in [0.29, 0.717) is 29.8 Å². The topological polar surface area (TPSA) is 47.9 Å². The van der Waals surface area contributed by atoms with Gasteiger partial charge in [-0.05, 0) is 58.7 Å². The molecule has 1 saturated heterocycles. The van der Waals surface area contributed by atoms with Crippen LogP contribution in [0.25, 0.3) is 0 Å². The van der Waals surface area contributed by atoms with Gasteiger partial charge in [0.1, 0.15) is 23.1 Å². The smallest absolute Gasteiger partial charge is 0.497 e. The Balaban J connectivity index is 0.000000236. The Labute approximate surface area is 164 Å². The van der Waals surface area contributed by atoms with Crippen LogP contribution in [0.1, 0.15) is 39.7 Å². The van der Waals surface area contributed by atoms with Gasteiger partial charge < -0.3 is 19.2 Å². The molecule has 4 rings (SSSR count). The molecular weight excluding hydrogens is 365 g/mol. The first-order chi connectivity index (χ1) is 13.1. The fraction of sp³-hybridized carbons (Fsp3) is 0.429. The Morgan fingerprint density at radius 1 is 1.00 bits per heavy atom. The molecule has 0 spiro atoms. The first-order valence-electron chi connectivity index (χ1n) is 9.35. The second-order valence-electron chi connectivity index (χ2n) is 7.97. The predicted octanol–water partition coefficient (Wildman–Crippen LogP) is 3.98. The molecule has 28 heavy (non-hydrogen) atoms. The van der Waals surface area contributed by atoms with Crippen molar-refractivity contribution < 1.29 is 27.9 Å². The average molecular weight is 390 g/mol. The SMILES string of the molecule is CC1(C)OB(c2ccc3c(c2F)CCCO3)OC1(C)C.Oc1cccc(F)c1. The Kier molecular flexibility index (Phi) is 5.68. The Bertz CT molecular complexity index is 821. The number of benzene rings is 2. The molecule has 2 aliphatic heterocycles. The minimum atomic E-state index is -0.660. The maximum absolute atomic E-state index is 14.7. The number of rotatable bonds is 1. The Hall–Kier alpha value is -2.12. The molecule has 4 nitrogen and oxygen atoms in total. The van der Waals surface area contributed by atoms with Crippen molar-refractivity contribution in [3.8, 4) is 11.5 Å². The third kappa shape index (κ3) is 4.15. The molecule has 0 bridgehead atoms. The van der Waals surface area contributed by atoms with E-state index in [1.165, 1.54) is 18.2 Å². The summed E-state index contributed by atoms with van der Waals surface area (Å²) in [5.74, 6) is -0.0512. The summed E-state index contributed by atoms with van der Waals surface area (Å²) in [6.45, 7) is 8.51. The molecule has 2 aromatic carbocycles. The van der Waals surface area contributed by atoms with Gasteiger partial charge >= 0.3 is 7.12 Å². The molecule has 0 atom stereocenters.